The number of nitrogens with zero attached hydrogens (tertiary/aromatic N) is 1. The Morgan fingerprint density at radius 1 is 1.53 bits per heavy atom. The Labute approximate surface area is 96.0 Å². The molecule has 1 fully saturated rings. The van der Waals surface area contributed by atoms with Gasteiger partial charge in [0.05, 0.1) is 6.04 Å². The molecule has 1 rings (SSSR count). The largest absolute Gasteiger partial charge is 0.368 e. The van der Waals surface area contributed by atoms with Crippen molar-refractivity contribution in [3.05, 3.63) is 0 Å². The Morgan fingerprint density at radius 2 is 2.20 bits per heavy atom. The highest BCUT2D eigenvalue weighted by molar-refractivity contribution is 7.99. The number of amides is 1. The summed E-state index contributed by atoms with van der Waals surface area (Å²) in [6.07, 6.45) is 0.883. The molecular weight excluding hydrogens is 210 g/mol. The highest BCUT2D eigenvalue weighted by Crippen LogP contribution is 2.10. The zero-order valence-corrected chi connectivity index (χ0v) is 10.2. The van der Waals surface area contributed by atoms with Crippen LogP contribution in [0.4, 0.5) is 0 Å². The SMILES string of the molecule is CCSCCC(C(N)=O)N1CCNCC1. The van der Waals surface area contributed by atoms with Gasteiger partial charge >= 0.3 is 0 Å². The first kappa shape index (κ1) is 12.8. The molecule has 1 atom stereocenters. The monoisotopic (exact) mass is 231 g/mol. The van der Waals surface area contributed by atoms with E-state index in [2.05, 4.69) is 17.1 Å². The van der Waals surface area contributed by atoms with E-state index in [4.69, 9.17) is 5.73 Å². The van der Waals surface area contributed by atoms with Gasteiger partial charge in [-0.1, -0.05) is 6.92 Å². The van der Waals surface area contributed by atoms with E-state index in [0.717, 1.165) is 44.1 Å². The predicted molar refractivity (Wildman–Crippen MR) is 65.0 cm³/mol. The topological polar surface area (TPSA) is 58.4 Å². The molecule has 5 heteroatoms. The van der Waals surface area contributed by atoms with Gasteiger partial charge in [-0.3, -0.25) is 9.69 Å². The fourth-order valence-electron chi connectivity index (χ4n) is 1.84. The number of nitrogens with two attached hydrogens (primary N) is 1. The molecule has 1 unspecified atom stereocenters. The summed E-state index contributed by atoms with van der Waals surface area (Å²) in [7, 11) is 0. The second-order valence-electron chi connectivity index (χ2n) is 3.69. The van der Waals surface area contributed by atoms with Crippen LogP contribution in [0, 0.1) is 0 Å². The zero-order chi connectivity index (χ0) is 11.1. The fourth-order valence-corrected chi connectivity index (χ4v) is 2.52. The lowest BCUT2D eigenvalue weighted by molar-refractivity contribution is -0.123. The molecule has 3 N–H and O–H groups in total. The highest BCUT2D eigenvalue weighted by Gasteiger charge is 2.24. The van der Waals surface area contributed by atoms with Crippen LogP contribution in [-0.4, -0.2) is 54.5 Å². The molecule has 1 heterocycles. The van der Waals surface area contributed by atoms with E-state index >= 15 is 0 Å². The maximum atomic E-state index is 11.3. The Morgan fingerprint density at radius 3 is 2.73 bits per heavy atom. The second kappa shape index (κ2) is 7.09. The van der Waals surface area contributed by atoms with Crippen molar-refractivity contribution in [2.45, 2.75) is 19.4 Å². The normalized spacial score (nSPS) is 20.1. The molecule has 0 aliphatic carbocycles. The van der Waals surface area contributed by atoms with Gasteiger partial charge in [-0.05, 0) is 17.9 Å². The number of hydrogen-bond acceptors (Lipinski definition) is 4. The molecule has 0 spiro atoms. The standard InChI is InChI=1S/C10H21N3OS/c1-2-15-8-3-9(10(11)14)13-6-4-12-5-7-13/h9,12H,2-8H2,1H3,(H2,11,14). The van der Waals surface area contributed by atoms with Crippen LogP contribution in [-0.2, 0) is 4.79 Å². The number of piperazine rings is 1. The summed E-state index contributed by atoms with van der Waals surface area (Å²) in [4.78, 5) is 13.5. The van der Waals surface area contributed by atoms with Gasteiger partial charge in [-0.15, -0.1) is 0 Å². The van der Waals surface area contributed by atoms with Gasteiger partial charge in [0.2, 0.25) is 5.91 Å². The summed E-state index contributed by atoms with van der Waals surface area (Å²) < 4.78 is 0. The van der Waals surface area contributed by atoms with Crippen LogP contribution in [0.25, 0.3) is 0 Å². The van der Waals surface area contributed by atoms with Crippen LogP contribution in [0.2, 0.25) is 0 Å². The molecule has 1 amide bonds. The first-order chi connectivity index (χ1) is 7.25. The lowest BCUT2D eigenvalue weighted by Crippen LogP contribution is -2.53. The van der Waals surface area contributed by atoms with E-state index in [-0.39, 0.29) is 11.9 Å². The van der Waals surface area contributed by atoms with E-state index in [1.54, 1.807) is 0 Å². The van der Waals surface area contributed by atoms with Crippen molar-refractivity contribution >= 4 is 17.7 Å². The third-order valence-corrected chi connectivity index (χ3v) is 3.59. The molecule has 15 heavy (non-hydrogen) atoms. The van der Waals surface area contributed by atoms with Gasteiger partial charge < -0.3 is 11.1 Å². The number of primary amides is 1. The van der Waals surface area contributed by atoms with E-state index in [1.807, 2.05) is 11.8 Å². The third-order valence-electron chi connectivity index (χ3n) is 2.66. The van der Waals surface area contributed by atoms with Gasteiger partial charge in [-0.25, -0.2) is 0 Å². The van der Waals surface area contributed by atoms with Gasteiger partial charge in [-0.2, -0.15) is 11.8 Å². The van der Waals surface area contributed by atoms with Gasteiger partial charge in [0.15, 0.2) is 0 Å². The number of thioether (sulfide) groups is 1. The number of hydrogen-bond donors (Lipinski definition) is 2. The molecule has 1 aliphatic rings. The van der Waals surface area contributed by atoms with Crippen molar-refractivity contribution in [3.63, 3.8) is 0 Å². The maximum absolute atomic E-state index is 11.3. The summed E-state index contributed by atoms with van der Waals surface area (Å²) in [5.41, 5.74) is 5.44. The van der Waals surface area contributed by atoms with E-state index in [1.165, 1.54) is 0 Å². The number of rotatable bonds is 6. The smallest absolute Gasteiger partial charge is 0.234 e. The average molecular weight is 231 g/mol. The molecule has 0 radical (unpaired) electrons. The highest BCUT2D eigenvalue weighted by atomic mass is 32.2. The predicted octanol–water partition coefficient (Wildman–Crippen LogP) is -0.111. The molecular formula is C10H21N3OS. The minimum Gasteiger partial charge on any atom is -0.368 e. The summed E-state index contributed by atoms with van der Waals surface area (Å²) in [5.74, 6) is 1.95. The number of carbonyl (C=O) groups excluding carboxylic acids is 1. The number of nitrogens with one attached hydrogen (secondary N) is 1. The second-order valence-corrected chi connectivity index (χ2v) is 5.08. The van der Waals surface area contributed by atoms with E-state index in [9.17, 15) is 4.79 Å². The van der Waals surface area contributed by atoms with Crippen LogP contribution >= 0.6 is 11.8 Å². The zero-order valence-electron chi connectivity index (χ0n) is 9.37. The molecule has 0 saturated carbocycles. The van der Waals surface area contributed by atoms with Crippen molar-refractivity contribution in [3.8, 4) is 0 Å². The Balaban J connectivity index is 2.37. The van der Waals surface area contributed by atoms with Crippen LogP contribution in [0.5, 0.6) is 0 Å². The van der Waals surface area contributed by atoms with Crippen molar-refractivity contribution in [2.75, 3.05) is 37.7 Å². The molecule has 0 aromatic carbocycles. The minimum absolute atomic E-state index is 0.0638. The summed E-state index contributed by atoms with van der Waals surface area (Å²) in [6, 6.07) is -0.0638. The van der Waals surface area contributed by atoms with Crippen LogP contribution in [0.1, 0.15) is 13.3 Å². The van der Waals surface area contributed by atoms with Crippen LogP contribution in [0.3, 0.4) is 0 Å². The quantitative estimate of drug-likeness (QED) is 0.626. The molecule has 1 aliphatic heterocycles. The van der Waals surface area contributed by atoms with Crippen molar-refractivity contribution < 1.29 is 4.79 Å². The fraction of sp³-hybridized carbons (Fsp3) is 0.900. The van der Waals surface area contributed by atoms with Gasteiger partial charge in [0.1, 0.15) is 0 Å². The third kappa shape index (κ3) is 4.40. The summed E-state index contributed by atoms with van der Waals surface area (Å²) >= 11 is 1.87. The summed E-state index contributed by atoms with van der Waals surface area (Å²) in [6.45, 7) is 5.93. The molecule has 0 aromatic heterocycles. The lowest BCUT2D eigenvalue weighted by atomic mass is 10.1. The van der Waals surface area contributed by atoms with Crippen molar-refractivity contribution in [1.29, 1.82) is 0 Å². The Hall–Kier alpha value is -0.260. The number of carbonyl (C=O) groups is 1. The molecule has 4 nitrogen and oxygen atoms in total. The van der Waals surface area contributed by atoms with Gasteiger partial charge in [0.25, 0.3) is 0 Å². The van der Waals surface area contributed by atoms with Crippen molar-refractivity contribution in [1.82, 2.24) is 10.2 Å². The van der Waals surface area contributed by atoms with E-state index in [0.29, 0.717) is 0 Å². The average Bonchev–Trinajstić information content (AvgIpc) is 2.25. The first-order valence-corrected chi connectivity index (χ1v) is 6.73. The van der Waals surface area contributed by atoms with Crippen LogP contribution in [0.15, 0.2) is 0 Å². The minimum atomic E-state index is -0.173. The van der Waals surface area contributed by atoms with Crippen LogP contribution < -0.4 is 11.1 Å². The lowest BCUT2D eigenvalue weighted by Gasteiger charge is -2.32. The Bertz CT molecular complexity index is 195. The molecule has 88 valence electrons. The molecule has 0 bridgehead atoms. The molecule has 0 aromatic rings. The van der Waals surface area contributed by atoms with Crippen molar-refractivity contribution in [2.24, 2.45) is 5.73 Å². The Kier molecular flexibility index (Phi) is 6.05. The van der Waals surface area contributed by atoms with E-state index < -0.39 is 0 Å². The summed E-state index contributed by atoms with van der Waals surface area (Å²) in [5, 5.41) is 3.28. The van der Waals surface area contributed by atoms with Gasteiger partial charge in [0, 0.05) is 26.2 Å². The first-order valence-electron chi connectivity index (χ1n) is 5.57. The maximum Gasteiger partial charge on any atom is 0.234 e. The molecule has 1 saturated heterocycles.